The van der Waals surface area contributed by atoms with Crippen LogP contribution >= 0.6 is 0 Å². The van der Waals surface area contributed by atoms with Crippen molar-refractivity contribution in [1.29, 1.82) is 0 Å². The van der Waals surface area contributed by atoms with Gasteiger partial charge in [-0.2, -0.15) is 5.10 Å². The molecular formula is C13H26N4. The van der Waals surface area contributed by atoms with Gasteiger partial charge in [0.05, 0.1) is 0 Å². The molecule has 0 aliphatic rings. The van der Waals surface area contributed by atoms with Crippen LogP contribution < -0.4 is 5.32 Å². The van der Waals surface area contributed by atoms with Crippen LogP contribution in [0.25, 0.3) is 0 Å². The van der Waals surface area contributed by atoms with Gasteiger partial charge in [0.1, 0.15) is 12.2 Å². The van der Waals surface area contributed by atoms with Crippen LogP contribution in [0, 0.1) is 11.3 Å². The highest BCUT2D eigenvalue weighted by Gasteiger charge is 2.30. The van der Waals surface area contributed by atoms with Crippen LogP contribution in [-0.4, -0.2) is 28.4 Å². The third kappa shape index (κ3) is 3.28. The Morgan fingerprint density at radius 2 is 2.00 bits per heavy atom. The second-order valence-electron chi connectivity index (χ2n) is 5.73. The van der Waals surface area contributed by atoms with E-state index in [1.54, 1.807) is 6.33 Å². The van der Waals surface area contributed by atoms with Crippen molar-refractivity contribution in [2.45, 2.75) is 47.1 Å². The van der Waals surface area contributed by atoms with Crippen molar-refractivity contribution in [3.8, 4) is 0 Å². The van der Waals surface area contributed by atoms with E-state index in [0.717, 1.165) is 18.8 Å². The fraction of sp³-hybridized carbons (Fsp3) is 0.846. The van der Waals surface area contributed by atoms with E-state index >= 15 is 0 Å². The maximum atomic E-state index is 4.41. The predicted octanol–water partition coefficient (Wildman–Crippen LogP) is 2.28. The molecule has 0 aliphatic heterocycles. The largest absolute Gasteiger partial charge is 0.319 e. The Labute approximate surface area is 105 Å². The van der Waals surface area contributed by atoms with Crippen molar-refractivity contribution < 1.29 is 0 Å². The zero-order chi connectivity index (χ0) is 13.1. The van der Waals surface area contributed by atoms with E-state index in [2.05, 4.69) is 50.0 Å². The van der Waals surface area contributed by atoms with Gasteiger partial charge in [-0.15, -0.1) is 0 Å². The average Bonchev–Trinajstić information content (AvgIpc) is 2.65. The summed E-state index contributed by atoms with van der Waals surface area (Å²) in [5, 5.41) is 7.60. The summed E-state index contributed by atoms with van der Waals surface area (Å²) in [4.78, 5) is 4.41. The van der Waals surface area contributed by atoms with Gasteiger partial charge in [0.15, 0.2) is 0 Å². The lowest BCUT2D eigenvalue weighted by atomic mass is 9.76. The van der Waals surface area contributed by atoms with E-state index in [-0.39, 0.29) is 5.41 Å². The van der Waals surface area contributed by atoms with Crippen molar-refractivity contribution in [3.63, 3.8) is 0 Å². The van der Waals surface area contributed by atoms with E-state index in [1.807, 2.05) is 11.7 Å². The zero-order valence-corrected chi connectivity index (χ0v) is 12.0. The Kier molecular flexibility index (Phi) is 4.69. The summed E-state index contributed by atoms with van der Waals surface area (Å²) in [6.45, 7) is 12.1. The number of nitrogens with zero attached hydrogens (tertiary/aromatic N) is 3. The molecule has 4 heteroatoms. The summed E-state index contributed by atoms with van der Waals surface area (Å²) in [7, 11) is 2.01. The summed E-state index contributed by atoms with van der Waals surface area (Å²) in [6, 6.07) is 0.374. The quantitative estimate of drug-likeness (QED) is 0.827. The number of nitrogens with one attached hydrogen (secondary N) is 1. The number of hydrogen-bond acceptors (Lipinski definition) is 3. The fourth-order valence-electron chi connectivity index (χ4n) is 2.07. The molecule has 0 bridgehead atoms. The first-order chi connectivity index (χ1) is 7.90. The van der Waals surface area contributed by atoms with E-state index < -0.39 is 0 Å². The van der Waals surface area contributed by atoms with E-state index in [4.69, 9.17) is 0 Å². The minimum absolute atomic E-state index is 0.217. The van der Waals surface area contributed by atoms with Gasteiger partial charge in [0, 0.05) is 19.0 Å². The summed E-state index contributed by atoms with van der Waals surface area (Å²) >= 11 is 0. The van der Waals surface area contributed by atoms with Crippen molar-refractivity contribution >= 4 is 0 Å². The van der Waals surface area contributed by atoms with Crippen LogP contribution in [0.15, 0.2) is 6.33 Å². The molecule has 0 saturated carbocycles. The SMILES string of the molecule is CNCC(C)(Cc1ncnn1C(C)C)C(C)C. The van der Waals surface area contributed by atoms with Crippen LogP contribution in [0.3, 0.4) is 0 Å². The highest BCUT2D eigenvalue weighted by atomic mass is 15.3. The smallest absolute Gasteiger partial charge is 0.138 e. The minimum atomic E-state index is 0.217. The predicted molar refractivity (Wildman–Crippen MR) is 71.0 cm³/mol. The van der Waals surface area contributed by atoms with Gasteiger partial charge in [0.2, 0.25) is 0 Å². The molecule has 0 amide bonds. The normalized spacial score (nSPS) is 15.5. The van der Waals surface area contributed by atoms with Gasteiger partial charge in [-0.3, -0.25) is 0 Å². The van der Waals surface area contributed by atoms with Crippen LogP contribution in [0.5, 0.6) is 0 Å². The molecule has 1 N–H and O–H groups in total. The van der Waals surface area contributed by atoms with Crippen molar-refractivity contribution in [3.05, 3.63) is 12.2 Å². The van der Waals surface area contributed by atoms with Crippen molar-refractivity contribution in [2.75, 3.05) is 13.6 Å². The maximum Gasteiger partial charge on any atom is 0.138 e. The molecule has 1 unspecified atom stereocenters. The first kappa shape index (κ1) is 14.2. The van der Waals surface area contributed by atoms with Crippen LogP contribution in [0.2, 0.25) is 0 Å². The Morgan fingerprint density at radius 3 is 2.47 bits per heavy atom. The van der Waals surface area contributed by atoms with Crippen LogP contribution in [0.1, 0.15) is 46.5 Å². The monoisotopic (exact) mass is 238 g/mol. The third-order valence-electron chi connectivity index (χ3n) is 3.67. The molecule has 0 fully saturated rings. The van der Waals surface area contributed by atoms with Gasteiger partial charge >= 0.3 is 0 Å². The van der Waals surface area contributed by atoms with Gasteiger partial charge in [0.25, 0.3) is 0 Å². The highest BCUT2D eigenvalue weighted by molar-refractivity contribution is 4.95. The number of hydrogen-bond donors (Lipinski definition) is 1. The second-order valence-corrected chi connectivity index (χ2v) is 5.73. The lowest BCUT2D eigenvalue weighted by Crippen LogP contribution is -2.37. The summed E-state index contributed by atoms with van der Waals surface area (Å²) in [5.74, 6) is 1.69. The average molecular weight is 238 g/mol. The lowest BCUT2D eigenvalue weighted by Gasteiger charge is -2.33. The molecule has 0 radical (unpaired) electrons. The van der Waals surface area contributed by atoms with Gasteiger partial charge < -0.3 is 5.32 Å². The number of aromatic nitrogens is 3. The zero-order valence-electron chi connectivity index (χ0n) is 12.0. The Morgan fingerprint density at radius 1 is 1.35 bits per heavy atom. The molecule has 98 valence electrons. The molecule has 1 heterocycles. The molecule has 1 atom stereocenters. The molecule has 0 spiro atoms. The van der Waals surface area contributed by atoms with E-state index in [0.29, 0.717) is 12.0 Å². The van der Waals surface area contributed by atoms with Crippen molar-refractivity contribution in [1.82, 2.24) is 20.1 Å². The lowest BCUT2D eigenvalue weighted by molar-refractivity contribution is 0.204. The Balaban J connectivity index is 2.90. The fourth-order valence-corrected chi connectivity index (χ4v) is 2.07. The summed E-state index contributed by atoms with van der Waals surface area (Å²) < 4.78 is 2.02. The molecule has 1 aromatic heterocycles. The molecule has 1 aromatic rings. The van der Waals surface area contributed by atoms with Crippen molar-refractivity contribution in [2.24, 2.45) is 11.3 Å². The van der Waals surface area contributed by atoms with E-state index in [1.165, 1.54) is 0 Å². The topological polar surface area (TPSA) is 42.7 Å². The minimum Gasteiger partial charge on any atom is -0.319 e. The van der Waals surface area contributed by atoms with Crippen LogP contribution in [-0.2, 0) is 6.42 Å². The van der Waals surface area contributed by atoms with Gasteiger partial charge in [-0.25, -0.2) is 9.67 Å². The summed E-state index contributed by atoms with van der Waals surface area (Å²) in [5.41, 5.74) is 0.217. The molecule has 0 saturated heterocycles. The standard InChI is InChI=1S/C13H26N4/c1-10(2)13(5,8-14-6)7-12-15-9-16-17(12)11(3)4/h9-11,14H,7-8H2,1-6H3. The first-order valence-corrected chi connectivity index (χ1v) is 6.43. The molecule has 4 nitrogen and oxygen atoms in total. The Bertz CT molecular complexity index is 343. The number of rotatable bonds is 6. The maximum absolute atomic E-state index is 4.41. The highest BCUT2D eigenvalue weighted by Crippen LogP contribution is 2.30. The van der Waals surface area contributed by atoms with Gasteiger partial charge in [-0.05, 0) is 32.2 Å². The Hall–Kier alpha value is -0.900. The molecule has 1 rings (SSSR count). The third-order valence-corrected chi connectivity index (χ3v) is 3.67. The molecule has 0 aliphatic carbocycles. The second kappa shape index (κ2) is 5.63. The molecule has 17 heavy (non-hydrogen) atoms. The summed E-state index contributed by atoms with van der Waals surface area (Å²) in [6.07, 6.45) is 2.62. The van der Waals surface area contributed by atoms with Crippen LogP contribution in [0.4, 0.5) is 0 Å². The van der Waals surface area contributed by atoms with E-state index in [9.17, 15) is 0 Å². The first-order valence-electron chi connectivity index (χ1n) is 6.43. The molecular weight excluding hydrogens is 212 g/mol. The molecule has 0 aromatic carbocycles. The van der Waals surface area contributed by atoms with Gasteiger partial charge in [-0.1, -0.05) is 20.8 Å².